The molecule has 0 amide bonds. The van der Waals surface area contributed by atoms with E-state index in [0.29, 0.717) is 16.7 Å². The van der Waals surface area contributed by atoms with Gasteiger partial charge >= 0.3 is 0 Å². The van der Waals surface area contributed by atoms with Gasteiger partial charge in [0.15, 0.2) is 0 Å². The number of hydrogen-bond acceptors (Lipinski definition) is 1. The first kappa shape index (κ1) is 20.5. The summed E-state index contributed by atoms with van der Waals surface area (Å²) in [6, 6.07) is 0. The van der Waals surface area contributed by atoms with E-state index in [-0.39, 0.29) is 7.43 Å². The van der Waals surface area contributed by atoms with Crippen LogP contribution < -0.4 is 0 Å². The third-order valence-corrected chi connectivity index (χ3v) is 8.35. The first-order valence-electron chi connectivity index (χ1n) is 10.3. The second-order valence-electron chi connectivity index (χ2n) is 9.37. The number of allylic oxidation sites excluding steroid dienone is 3. The Balaban J connectivity index is 0.00000225. The Labute approximate surface area is 156 Å². The molecule has 25 heavy (non-hydrogen) atoms. The van der Waals surface area contributed by atoms with Crippen LogP contribution in [-0.2, 0) is 0 Å². The second kappa shape index (κ2) is 7.41. The van der Waals surface area contributed by atoms with Gasteiger partial charge in [0.25, 0.3) is 0 Å². The fraction of sp³-hybridized carbons (Fsp3) is 0.792. The highest BCUT2D eigenvalue weighted by Gasteiger charge is 2.58. The van der Waals surface area contributed by atoms with Gasteiger partial charge in [-0.25, -0.2) is 0 Å². The van der Waals surface area contributed by atoms with Crippen LogP contribution in [0.3, 0.4) is 0 Å². The summed E-state index contributed by atoms with van der Waals surface area (Å²) in [4.78, 5) is 0. The van der Waals surface area contributed by atoms with E-state index in [9.17, 15) is 0 Å². The fourth-order valence-electron chi connectivity index (χ4n) is 7.32. The predicted octanol–water partition coefficient (Wildman–Crippen LogP) is 7.43. The molecule has 0 aromatic heterocycles. The van der Waals surface area contributed by atoms with Crippen LogP contribution in [0.2, 0.25) is 0 Å². The van der Waals surface area contributed by atoms with Crippen molar-refractivity contribution >= 4 is 5.71 Å². The molecule has 0 aliphatic heterocycles. The van der Waals surface area contributed by atoms with Gasteiger partial charge in [-0.3, -0.25) is 0 Å². The van der Waals surface area contributed by atoms with E-state index in [1.807, 2.05) is 6.08 Å². The zero-order valence-corrected chi connectivity index (χ0v) is 16.3. The van der Waals surface area contributed by atoms with Gasteiger partial charge in [0, 0.05) is 11.6 Å². The molecule has 0 radical (unpaired) electrons. The molecule has 3 rings (SSSR count). The lowest BCUT2D eigenvalue weighted by molar-refractivity contribution is -0.0408. The Morgan fingerprint density at radius 1 is 1.20 bits per heavy atom. The maximum atomic E-state index is 8.28. The number of hydrogen-bond donors (Lipinski definition) is 1. The van der Waals surface area contributed by atoms with Gasteiger partial charge in [0.2, 0.25) is 0 Å². The molecule has 1 N–H and O–H groups in total. The maximum Gasteiger partial charge on any atom is 0.00946 e. The molecule has 0 saturated heterocycles. The molecule has 1 nitrogen and oxygen atoms in total. The van der Waals surface area contributed by atoms with E-state index in [1.54, 1.807) is 5.57 Å². The minimum atomic E-state index is 0. The Kier molecular flexibility index (Phi) is 6.07. The molecule has 0 aromatic rings. The Morgan fingerprint density at radius 3 is 2.52 bits per heavy atom. The minimum absolute atomic E-state index is 0. The molecule has 3 aliphatic rings. The van der Waals surface area contributed by atoms with Gasteiger partial charge in [0.1, 0.15) is 0 Å². The highest BCUT2D eigenvalue weighted by Crippen LogP contribution is 2.66. The zero-order chi connectivity index (χ0) is 17.5. The lowest BCUT2D eigenvalue weighted by Crippen LogP contribution is -2.50. The zero-order valence-electron chi connectivity index (χ0n) is 16.3. The molecule has 6 atom stereocenters. The quantitative estimate of drug-likeness (QED) is 0.513. The molecule has 3 saturated carbocycles. The van der Waals surface area contributed by atoms with Crippen molar-refractivity contribution in [1.29, 1.82) is 5.41 Å². The summed E-state index contributed by atoms with van der Waals surface area (Å²) in [7, 11) is 0. The van der Waals surface area contributed by atoms with Crippen molar-refractivity contribution in [3.05, 3.63) is 24.3 Å². The van der Waals surface area contributed by atoms with Crippen LogP contribution in [0.5, 0.6) is 0 Å². The van der Waals surface area contributed by atoms with Crippen LogP contribution in [0.15, 0.2) is 24.3 Å². The summed E-state index contributed by atoms with van der Waals surface area (Å²) in [6.07, 6.45) is 14.9. The van der Waals surface area contributed by atoms with Crippen LogP contribution in [-0.4, -0.2) is 5.71 Å². The fourth-order valence-corrected chi connectivity index (χ4v) is 7.32. The largest absolute Gasteiger partial charge is 0.310 e. The summed E-state index contributed by atoms with van der Waals surface area (Å²) in [6.45, 7) is 13.5. The lowest BCUT2D eigenvalue weighted by atomic mass is 9.47. The summed E-state index contributed by atoms with van der Waals surface area (Å²) in [5.74, 6) is 3.13. The molecule has 0 aromatic carbocycles. The van der Waals surface area contributed by atoms with Crippen molar-refractivity contribution in [2.45, 2.75) is 86.5 Å². The van der Waals surface area contributed by atoms with E-state index < -0.39 is 0 Å². The molecule has 142 valence electrons. The van der Waals surface area contributed by atoms with E-state index in [0.717, 1.165) is 23.5 Å². The van der Waals surface area contributed by atoms with Gasteiger partial charge in [-0.1, -0.05) is 58.9 Å². The van der Waals surface area contributed by atoms with Crippen molar-refractivity contribution in [1.82, 2.24) is 0 Å². The van der Waals surface area contributed by atoms with Gasteiger partial charge in [0.05, 0.1) is 0 Å². The van der Waals surface area contributed by atoms with Gasteiger partial charge < -0.3 is 5.41 Å². The van der Waals surface area contributed by atoms with E-state index in [2.05, 4.69) is 40.3 Å². The Morgan fingerprint density at radius 2 is 1.92 bits per heavy atom. The molecule has 6 unspecified atom stereocenters. The molecule has 3 fully saturated rings. The van der Waals surface area contributed by atoms with Crippen molar-refractivity contribution in [2.75, 3.05) is 0 Å². The molecule has 0 bridgehead atoms. The molecule has 3 aliphatic carbocycles. The monoisotopic (exact) mass is 343 g/mol. The first-order chi connectivity index (χ1) is 11.4. The normalized spacial score (nSPS) is 44.6. The summed E-state index contributed by atoms with van der Waals surface area (Å²) < 4.78 is 0. The van der Waals surface area contributed by atoms with Gasteiger partial charge in [-0.2, -0.15) is 0 Å². The van der Waals surface area contributed by atoms with Crippen molar-refractivity contribution in [3.8, 4) is 0 Å². The van der Waals surface area contributed by atoms with E-state index in [1.165, 1.54) is 51.4 Å². The first-order valence-corrected chi connectivity index (χ1v) is 10.3. The average molecular weight is 344 g/mol. The van der Waals surface area contributed by atoms with Crippen LogP contribution in [0.1, 0.15) is 86.5 Å². The molecule has 1 heteroatoms. The topological polar surface area (TPSA) is 23.9 Å². The highest BCUT2D eigenvalue weighted by molar-refractivity contribution is 5.82. The SMILES string of the molecule is C.C=C/C=C1/CCC2C(CCC3(C)C(C(C)=N)CCC23)C1(C)CCC. The summed E-state index contributed by atoms with van der Waals surface area (Å²) in [5, 5.41) is 8.28. The predicted molar refractivity (Wildman–Crippen MR) is 111 cm³/mol. The number of nitrogens with one attached hydrogen (secondary N) is 1. The Hall–Kier alpha value is -0.850. The van der Waals surface area contributed by atoms with Crippen molar-refractivity contribution in [2.24, 2.45) is 34.5 Å². The minimum Gasteiger partial charge on any atom is -0.310 e. The molecule has 0 heterocycles. The highest BCUT2D eigenvalue weighted by atomic mass is 14.6. The molecular formula is C24H41N. The molecular weight excluding hydrogens is 302 g/mol. The van der Waals surface area contributed by atoms with Gasteiger partial charge in [-0.05, 0) is 80.5 Å². The van der Waals surface area contributed by atoms with E-state index >= 15 is 0 Å². The number of fused-ring (bicyclic) bond motifs is 3. The van der Waals surface area contributed by atoms with Crippen molar-refractivity contribution < 1.29 is 0 Å². The molecule has 0 spiro atoms. The van der Waals surface area contributed by atoms with Crippen molar-refractivity contribution in [3.63, 3.8) is 0 Å². The summed E-state index contributed by atoms with van der Waals surface area (Å²) in [5.41, 5.74) is 3.39. The van der Waals surface area contributed by atoms with Crippen LogP contribution in [0.4, 0.5) is 0 Å². The van der Waals surface area contributed by atoms with Gasteiger partial charge in [-0.15, -0.1) is 0 Å². The smallest absolute Gasteiger partial charge is 0.00946 e. The lowest BCUT2D eigenvalue weighted by Gasteiger charge is -2.57. The average Bonchev–Trinajstić information content (AvgIpc) is 2.88. The third-order valence-electron chi connectivity index (χ3n) is 8.35. The second-order valence-corrected chi connectivity index (χ2v) is 9.37. The number of rotatable bonds is 4. The van der Waals surface area contributed by atoms with E-state index in [4.69, 9.17) is 5.41 Å². The van der Waals surface area contributed by atoms with Crippen LogP contribution >= 0.6 is 0 Å². The maximum absolute atomic E-state index is 8.28. The Bertz CT molecular complexity index is 544. The third kappa shape index (κ3) is 3.06. The standard InChI is InChI=1S/C23H37N.CH4/c1-6-8-17-9-10-18-20-12-11-19(16(3)24)23(20,5)15-13-21(18)22(17,4)14-7-2;/h6,8,18-21,24H,1,7,9-15H2,2-5H3;1H4/b17-8-,24-16?;. The van der Waals surface area contributed by atoms with Crippen LogP contribution in [0, 0.1) is 39.9 Å². The summed E-state index contributed by atoms with van der Waals surface area (Å²) >= 11 is 0. The van der Waals surface area contributed by atoms with Crippen LogP contribution in [0.25, 0.3) is 0 Å².